The maximum Gasteiger partial charge on any atom is 0.260 e. The van der Waals surface area contributed by atoms with Gasteiger partial charge in [-0.1, -0.05) is 13.0 Å². The summed E-state index contributed by atoms with van der Waals surface area (Å²) >= 11 is 0. The van der Waals surface area contributed by atoms with E-state index in [1.165, 1.54) is 4.31 Å². The first-order valence-electron chi connectivity index (χ1n) is 6.34. The lowest BCUT2D eigenvalue weighted by Crippen LogP contribution is -2.29. The summed E-state index contributed by atoms with van der Waals surface area (Å²) in [6.45, 7) is 7.33. The van der Waals surface area contributed by atoms with E-state index in [0.29, 0.717) is 18.7 Å². The number of hydrogen-bond donors (Lipinski definition) is 2. The Bertz CT molecular complexity index is 496. The molecule has 0 aromatic carbocycles. The smallest absolute Gasteiger partial charge is 0.260 e. The highest BCUT2D eigenvalue weighted by molar-refractivity contribution is 7.89. The Morgan fingerprint density at radius 1 is 1.58 bits per heavy atom. The summed E-state index contributed by atoms with van der Waals surface area (Å²) in [5, 5.41) is 9.69. The first-order valence-corrected chi connectivity index (χ1v) is 7.78. The van der Waals surface area contributed by atoms with Crippen molar-refractivity contribution in [2.75, 3.05) is 20.1 Å². The van der Waals surface area contributed by atoms with Crippen molar-refractivity contribution in [3.05, 3.63) is 24.4 Å². The second kappa shape index (κ2) is 7.42. The molecule has 0 spiro atoms. The summed E-state index contributed by atoms with van der Waals surface area (Å²) in [5.41, 5.74) is 0.664. The van der Waals surface area contributed by atoms with Gasteiger partial charge in [-0.3, -0.25) is 5.10 Å². The normalized spacial score (nSPS) is 11.9. The van der Waals surface area contributed by atoms with E-state index in [0.717, 1.165) is 19.4 Å². The Morgan fingerprint density at radius 2 is 2.32 bits per heavy atom. The van der Waals surface area contributed by atoms with Crippen molar-refractivity contribution < 1.29 is 8.42 Å². The molecule has 0 saturated heterocycles. The van der Waals surface area contributed by atoms with Gasteiger partial charge in [0.1, 0.15) is 0 Å². The van der Waals surface area contributed by atoms with E-state index < -0.39 is 10.0 Å². The van der Waals surface area contributed by atoms with E-state index >= 15 is 0 Å². The van der Waals surface area contributed by atoms with Gasteiger partial charge >= 0.3 is 0 Å². The number of rotatable bonds is 9. The van der Waals surface area contributed by atoms with Gasteiger partial charge in [0.15, 0.2) is 5.03 Å². The molecular formula is C12H22N4O2S. The third kappa shape index (κ3) is 4.15. The molecule has 19 heavy (non-hydrogen) atoms. The summed E-state index contributed by atoms with van der Waals surface area (Å²) in [6, 6.07) is 0. The van der Waals surface area contributed by atoms with Crippen LogP contribution in [-0.2, 0) is 16.6 Å². The van der Waals surface area contributed by atoms with Gasteiger partial charge in [-0.15, -0.1) is 6.58 Å². The zero-order valence-electron chi connectivity index (χ0n) is 11.5. The molecule has 0 aliphatic heterocycles. The number of nitrogens with zero attached hydrogens (tertiary/aromatic N) is 2. The Kier molecular flexibility index (Phi) is 6.20. The molecule has 0 fully saturated rings. The minimum absolute atomic E-state index is 0.176. The van der Waals surface area contributed by atoms with Crippen LogP contribution in [0.3, 0.4) is 0 Å². The summed E-state index contributed by atoms with van der Waals surface area (Å²) in [7, 11) is -1.92. The van der Waals surface area contributed by atoms with Crippen LogP contribution in [0.15, 0.2) is 23.9 Å². The highest BCUT2D eigenvalue weighted by Gasteiger charge is 2.25. The highest BCUT2D eigenvalue weighted by Crippen LogP contribution is 2.16. The molecule has 0 radical (unpaired) electrons. The summed E-state index contributed by atoms with van der Waals surface area (Å²) in [6.07, 6.45) is 4.89. The Hall–Kier alpha value is -1.18. The van der Waals surface area contributed by atoms with Crippen LogP contribution in [0.5, 0.6) is 0 Å². The number of allylic oxidation sites excluding steroid dienone is 1. The van der Waals surface area contributed by atoms with E-state index in [2.05, 4.69) is 22.1 Å². The topological polar surface area (TPSA) is 78.1 Å². The van der Waals surface area contributed by atoms with Gasteiger partial charge < -0.3 is 5.32 Å². The lowest BCUT2D eigenvalue weighted by Gasteiger charge is -2.16. The minimum Gasteiger partial charge on any atom is -0.313 e. The molecule has 0 amide bonds. The lowest BCUT2D eigenvalue weighted by atomic mass is 10.3. The van der Waals surface area contributed by atoms with Gasteiger partial charge in [0.05, 0.1) is 6.20 Å². The van der Waals surface area contributed by atoms with Gasteiger partial charge in [0.25, 0.3) is 10.0 Å². The van der Waals surface area contributed by atoms with E-state index in [4.69, 9.17) is 0 Å². The first kappa shape index (κ1) is 15.9. The average Bonchev–Trinajstić information content (AvgIpc) is 2.85. The molecular weight excluding hydrogens is 264 g/mol. The van der Waals surface area contributed by atoms with Gasteiger partial charge in [-0.2, -0.15) is 9.40 Å². The molecule has 2 N–H and O–H groups in total. The molecule has 108 valence electrons. The maximum absolute atomic E-state index is 12.4. The van der Waals surface area contributed by atoms with E-state index in [1.807, 2.05) is 6.92 Å². The second-order valence-corrected chi connectivity index (χ2v) is 6.24. The molecule has 1 rings (SSSR count). The Labute approximate surface area is 114 Å². The molecule has 1 heterocycles. The van der Waals surface area contributed by atoms with Crippen molar-refractivity contribution in [2.24, 2.45) is 0 Å². The maximum atomic E-state index is 12.4. The third-order valence-corrected chi connectivity index (χ3v) is 4.67. The number of hydrogen-bond acceptors (Lipinski definition) is 4. The van der Waals surface area contributed by atoms with Gasteiger partial charge in [0.2, 0.25) is 0 Å². The summed E-state index contributed by atoms with van der Waals surface area (Å²) in [5.74, 6) is 0. The largest absolute Gasteiger partial charge is 0.313 e. The number of unbranched alkanes of at least 4 members (excludes halogenated alkanes) is 1. The van der Waals surface area contributed by atoms with Crippen molar-refractivity contribution in [1.29, 1.82) is 0 Å². The SMILES string of the molecule is C=CCCCN(C)S(=O)(=O)c1[nH]ncc1CNCC. The zero-order chi connectivity index (χ0) is 14.3. The molecule has 0 aliphatic carbocycles. The minimum atomic E-state index is -3.50. The lowest BCUT2D eigenvalue weighted by molar-refractivity contribution is 0.459. The van der Waals surface area contributed by atoms with Crippen LogP contribution in [0.25, 0.3) is 0 Å². The van der Waals surface area contributed by atoms with Crippen molar-refractivity contribution in [1.82, 2.24) is 19.8 Å². The van der Waals surface area contributed by atoms with Crippen LogP contribution in [0.4, 0.5) is 0 Å². The van der Waals surface area contributed by atoms with Gasteiger partial charge in [-0.25, -0.2) is 8.42 Å². The molecule has 0 atom stereocenters. The molecule has 1 aromatic rings. The van der Waals surface area contributed by atoms with Crippen LogP contribution < -0.4 is 5.32 Å². The number of H-pyrrole nitrogens is 1. The predicted molar refractivity (Wildman–Crippen MR) is 75.2 cm³/mol. The zero-order valence-corrected chi connectivity index (χ0v) is 12.3. The van der Waals surface area contributed by atoms with Crippen LogP contribution in [0.1, 0.15) is 25.3 Å². The molecule has 0 aliphatic rings. The van der Waals surface area contributed by atoms with Crippen LogP contribution in [-0.4, -0.2) is 43.1 Å². The molecule has 0 bridgehead atoms. The van der Waals surface area contributed by atoms with E-state index in [9.17, 15) is 8.42 Å². The molecule has 6 nitrogen and oxygen atoms in total. The Morgan fingerprint density at radius 3 is 2.95 bits per heavy atom. The van der Waals surface area contributed by atoms with Crippen LogP contribution in [0.2, 0.25) is 0 Å². The van der Waals surface area contributed by atoms with E-state index in [1.54, 1.807) is 19.3 Å². The third-order valence-electron chi connectivity index (χ3n) is 2.79. The average molecular weight is 286 g/mol. The van der Waals surface area contributed by atoms with Crippen molar-refractivity contribution in [3.63, 3.8) is 0 Å². The predicted octanol–water partition coefficient (Wildman–Crippen LogP) is 1.11. The fourth-order valence-electron chi connectivity index (χ4n) is 1.64. The summed E-state index contributed by atoms with van der Waals surface area (Å²) in [4.78, 5) is 0. The van der Waals surface area contributed by atoms with Gasteiger partial charge in [0, 0.05) is 25.7 Å². The number of sulfonamides is 1. The fraction of sp³-hybridized carbons (Fsp3) is 0.583. The molecule has 0 unspecified atom stereocenters. The molecule has 0 saturated carbocycles. The standard InChI is InChI=1S/C12H22N4O2S/c1-4-6-7-8-16(3)19(17,18)12-11(9-13-5-2)10-14-15-12/h4,10,13H,1,5-9H2,2-3H3,(H,14,15). The molecule has 1 aromatic heterocycles. The first-order chi connectivity index (χ1) is 9.04. The second-order valence-electron chi connectivity index (χ2n) is 4.26. The number of aromatic nitrogens is 2. The molecule has 7 heteroatoms. The van der Waals surface area contributed by atoms with Crippen LogP contribution >= 0.6 is 0 Å². The quantitative estimate of drug-likeness (QED) is 0.526. The van der Waals surface area contributed by atoms with E-state index in [-0.39, 0.29) is 5.03 Å². The number of nitrogens with one attached hydrogen (secondary N) is 2. The van der Waals surface area contributed by atoms with Crippen molar-refractivity contribution >= 4 is 10.0 Å². The summed E-state index contributed by atoms with van der Waals surface area (Å²) < 4.78 is 26.1. The van der Waals surface area contributed by atoms with Crippen molar-refractivity contribution in [2.45, 2.75) is 31.3 Å². The fourth-order valence-corrected chi connectivity index (χ4v) is 2.95. The highest BCUT2D eigenvalue weighted by atomic mass is 32.2. The Balaban J connectivity index is 2.81. The van der Waals surface area contributed by atoms with Crippen molar-refractivity contribution in [3.8, 4) is 0 Å². The number of aromatic amines is 1. The monoisotopic (exact) mass is 286 g/mol. The van der Waals surface area contributed by atoms with Gasteiger partial charge in [-0.05, 0) is 19.4 Å². The van der Waals surface area contributed by atoms with Crippen LogP contribution in [0, 0.1) is 0 Å².